The van der Waals surface area contributed by atoms with Crippen molar-refractivity contribution in [3.8, 4) is 0 Å². The lowest BCUT2D eigenvalue weighted by Crippen LogP contribution is -2.27. The Hall–Kier alpha value is 0.0600. The van der Waals surface area contributed by atoms with Gasteiger partial charge < -0.3 is 4.74 Å². The molecule has 0 atom stereocenters. The third-order valence-corrected chi connectivity index (χ3v) is 4.18. The summed E-state index contributed by atoms with van der Waals surface area (Å²) < 4.78 is 6.31. The van der Waals surface area contributed by atoms with E-state index < -0.39 is 5.60 Å². The van der Waals surface area contributed by atoms with E-state index in [0.29, 0.717) is 11.0 Å². The molecule has 0 bridgehead atoms. The standard InChI is InChI=1S/C12H18ClIN2O/c1-11(2,3)8-7(14)9(13)16-10(15-8)12(4,5)17-6/h1-6H3. The smallest absolute Gasteiger partial charge is 0.161 e. The largest absolute Gasteiger partial charge is 0.371 e. The highest BCUT2D eigenvalue weighted by Gasteiger charge is 2.29. The molecule has 3 nitrogen and oxygen atoms in total. The highest BCUT2D eigenvalue weighted by Crippen LogP contribution is 2.32. The molecule has 17 heavy (non-hydrogen) atoms. The fraction of sp³-hybridized carbons (Fsp3) is 0.667. The van der Waals surface area contributed by atoms with E-state index in [-0.39, 0.29) is 5.41 Å². The van der Waals surface area contributed by atoms with Crippen LogP contribution in [-0.4, -0.2) is 17.1 Å². The number of aromatic nitrogens is 2. The Morgan fingerprint density at radius 1 is 1.12 bits per heavy atom. The van der Waals surface area contributed by atoms with Gasteiger partial charge in [0.2, 0.25) is 0 Å². The van der Waals surface area contributed by atoms with E-state index in [9.17, 15) is 0 Å². The van der Waals surface area contributed by atoms with Gasteiger partial charge in [0.05, 0.1) is 9.26 Å². The van der Waals surface area contributed by atoms with Crippen LogP contribution in [-0.2, 0) is 15.8 Å². The molecule has 0 saturated carbocycles. The number of hydrogen-bond acceptors (Lipinski definition) is 3. The van der Waals surface area contributed by atoms with E-state index in [2.05, 4.69) is 53.3 Å². The summed E-state index contributed by atoms with van der Waals surface area (Å²) in [6, 6.07) is 0. The monoisotopic (exact) mass is 368 g/mol. The zero-order chi connectivity index (χ0) is 13.4. The van der Waals surface area contributed by atoms with E-state index in [4.69, 9.17) is 16.3 Å². The molecule has 0 aliphatic heterocycles. The van der Waals surface area contributed by atoms with Gasteiger partial charge in [0.25, 0.3) is 0 Å². The van der Waals surface area contributed by atoms with E-state index in [0.717, 1.165) is 9.26 Å². The summed E-state index contributed by atoms with van der Waals surface area (Å²) in [5, 5.41) is 0.491. The Morgan fingerprint density at radius 3 is 2.06 bits per heavy atom. The maximum absolute atomic E-state index is 6.17. The number of rotatable bonds is 2. The quantitative estimate of drug-likeness (QED) is 0.586. The van der Waals surface area contributed by atoms with Crippen LogP contribution < -0.4 is 0 Å². The molecule has 1 aromatic rings. The highest BCUT2D eigenvalue weighted by molar-refractivity contribution is 14.1. The average Bonchev–Trinajstić information content (AvgIpc) is 2.19. The van der Waals surface area contributed by atoms with Crippen molar-refractivity contribution in [2.45, 2.75) is 45.6 Å². The van der Waals surface area contributed by atoms with Crippen molar-refractivity contribution in [3.05, 3.63) is 20.2 Å². The maximum atomic E-state index is 6.17. The van der Waals surface area contributed by atoms with Crippen LogP contribution in [0, 0.1) is 3.57 Å². The molecule has 1 rings (SSSR count). The van der Waals surface area contributed by atoms with Gasteiger partial charge in [0.15, 0.2) is 5.82 Å². The molecule has 96 valence electrons. The van der Waals surface area contributed by atoms with Crippen LogP contribution in [0.25, 0.3) is 0 Å². The number of ether oxygens (including phenoxy) is 1. The molecule has 0 radical (unpaired) electrons. The molecule has 0 aliphatic rings. The third-order valence-electron chi connectivity index (χ3n) is 2.57. The number of methoxy groups -OCH3 is 1. The second-order valence-electron chi connectivity index (χ2n) is 5.47. The molecule has 5 heteroatoms. The van der Waals surface area contributed by atoms with Gasteiger partial charge in [0.1, 0.15) is 10.8 Å². The molecular formula is C12H18ClIN2O. The topological polar surface area (TPSA) is 35.0 Å². The van der Waals surface area contributed by atoms with Crippen LogP contribution in [0.5, 0.6) is 0 Å². The highest BCUT2D eigenvalue weighted by atomic mass is 127. The summed E-state index contributed by atoms with van der Waals surface area (Å²) in [6.07, 6.45) is 0. The zero-order valence-electron chi connectivity index (χ0n) is 11.1. The predicted molar refractivity (Wildman–Crippen MR) is 78.5 cm³/mol. The SMILES string of the molecule is COC(C)(C)c1nc(Cl)c(I)c(C(C)(C)C)n1. The number of nitrogens with zero attached hydrogens (tertiary/aromatic N) is 2. The van der Waals surface area contributed by atoms with Gasteiger partial charge in [-0.1, -0.05) is 32.4 Å². The van der Waals surface area contributed by atoms with Crippen LogP contribution in [0.3, 0.4) is 0 Å². The summed E-state index contributed by atoms with van der Waals surface area (Å²) in [7, 11) is 1.64. The molecule has 0 amide bonds. The van der Waals surface area contributed by atoms with Gasteiger partial charge in [-0.05, 0) is 36.4 Å². The van der Waals surface area contributed by atoms with Crippen LogP contribution in [0.4, 0.5) is 0 Å². The summed E-state index contributed by atoms with van der Waals surface area (Å²) in [4.78, 5) is 8.93. The Bertz CT molecular complexity index is 427. The lowest BCUT2D eigenvalue weighted by molar-refractivity contribution is 0.0111. The van der Waals surface area contributed by atoms with Crippen molar-refractivity contribution in [1.29, 1.82) is 0 Å². The molecule has 1 aromatic heterocycles. The van der Waals surface area contributed by atoms with Crippen LogP contribution in [0.2, 0.25) is 5.15 Å². The molecule has 1 heterocycles. The minimum Gasteiger partial charge on any atom is -0.371 e. The van der Waals surface area contributed by atoms with E-state index >= 15 is 0 Å². The Kier molecular flexibility index (Phi) is 4.42. The predicted octanol–water partition coefficient (Wildman–Crippen LogP) is 3.91. The third kappa shape index (κ3) is 3.29. The van der Waals surface area contributed by atoms with E-state index in [1.54, 1.807) is 7.11 Å². The molecule has 0 saturated heterocycles. The summed E-state index contributed by atoms with van der Waals surface area (Å²) in [6.45, 7) is 10.2. The first-order valence-electron chi connectivity index (χ1n) is 5.38. The molecule has 0 N–H and O–H groups in total. The molecule has 0 aliphatic carbocycles. The van der Waals surface area contributed by atoms with Crippen LogP contribution in [0.15, 0.2) is 0 Å². The molecule has 0 spiro atoms. The van der Waals surface area contributed by atoms with Gasteiger partial charge >= 0.3 is 0 Å². The normalized spacial score (nSPS) is 12.9. The Labute approximate surface area is 121 Å². The van der Waals surface area contributed by atoms with E-state index in [1.807, 2.05) is 13.8 Å². The fourth-order valence-corrected chi connectivity index (χ4v) is 2.50. The van der Waals surface area contributed by atoms with Crippen LogP contribution in [0.1, 0.15) is 46.1 Å². The van der Waals surface area contributed by atoms with Gasteiger partial charge in [-0.2, -0.15) is 0 Å². The van der Waals surface area contributed by atoms with Gasteiger partial charge in [-0.15, -0.1) is 0 Å². The average molecular weight is 369 g/mol. The van der Waals surface area contributed by atoms with Crippen LogP contribution >= 0.6 is 34.2 Å². The minimum absolute atomic E-state index is 0.0678. The fourth-order valence-electron chi connectivity index (χ4n) is 1.28. The van der Waals surface area contributed by atoms with Crippen molar-refractivity contribution in [2.75, 3.05) is 7.11 Å². The summed E-state index contributed by atoms with van der Waals surface area (Å²) in [5.74, 6) is 0.621. The van der Waals surface area contributed by atoms with Gasteiger partial charge in [-0.25, -0.2) is 9.97 Å². The molecule has 0 aromatic carbocycles. The van der Waals surface area contributed by atoms with Crippen molar-refractivity contribution in [3.63, 3.8) is 0 Å². The summed E-state index contributed by atoms with van der Waals surface area (Å²) in [5.41, 5.74) is 0.355. The first kappa shape index (κ1) is 15.1. The minimum atomic E-state index is -0.534. The number of halogens is 2. The van der Waals surface area contributed by atoms with Crippen molar-refractivity contribution >= 4 is 34.2 Å². The molecular weight excluding hydrogens is 351 g/mol. The summed E-state index contributed by atoms with van der Waals surface area (Å²) >= 11 is 8.36. The Morgan fingerprint density at radius 2 is 1.65 bits per heavy atom. The van der Waals surface area contributed by atoms with Crippen molar-refractivity contribution < 1.29 is 4.74 Å². The maximum Gasteiger partial charge on any atom is 0.161 e. The molecule has 0 unspecified atom stereocenters. The molecule has 0 fully saturated rings. The van der Waals surface area contributed by atoms with Gasteiger partial charge in [-0.3, -0.25) is 0 Å². The first-order valence-corrected chi connectivity index (χ1v) is 6.84. The second kappa shape index (κ2) is 4.97. The Balaban J connectivity index is 3.45. The zero-order valence-corrected chi connectivity index (χ0v) is 14.0. The van der Waals surface area contributed by atoms with E-state index in [1.165, 1.54) is 0 Å². The second-order valence-corrected chi connectivity index (χ2v) is 6.90. The van der Waals surface area contributed by atoms with Crippen molar-refractivity contribution in [2.24, 2.45) is 0 Å². The number of hydrogen-bond donors (Lipinski definition) is 0. The lowest BCUT2D eigenvalue weighted by atomic mass is 9.91. The first-order chi connectivity index (χ1) is 7.59. The van der Waals surface area contributed by atoms with Crippen molar-refractivity contribution in [1.82, 2.24) is 9.97 Å². The lowest BCUT2D eigenvalue weighted by Gasteiger charge is -2.26. The van der Waals surface area contributed by atoms with Gasteiger partial charge in [0, 0.05) is 12.5 Å².